The van der Waals surface area contributed by atoms with Gasteiger partial charge in [0.2, 0.25) is 0 Å². The standard InChI is InChI=1S/C11H21NO2/c1-7-8(2)9(3)12-10(13)14-11(4,5)6/h8H,7H2,1-6H3. The summed E-state index contributed by atoms with van der Waals surface area (Å²) in [5.41, 5.74) is 0.373. The predicted molar refractivity (Wildman–Crippen MR) is 58.8 cm³/mol. The third kappa shape index (κ3) is 5.73. The van der Waals surface area contributed by atoms with Crippen LogP contribution in [0, 0.1) is 5.92 Å². The van der Waals surface area contributed by atoms with Crippen LogP contribution in [0.1, 0.15) is 48.0 Å². The maximum atomic E-state index is 11.3. The Labute approximate surface area is 86.6 Å². The van der Waals surface area contributed by atoms with E-state index >= 15 is 0 Å². The second-order valence-corrected chi connectivity index (χ2v) is 4.54. The number of rotatable bonds is 2. The van der Waals surface area contributed by atoms with Crippen LogP contribution < -0.4 is 0 Å². The molecule has 82 valence electrons. The first-order valence-corrected chi connectivity index (χ1v) is 5.04. The zero-order valence-corrected chi connectivity index (χ0v) is 10.0. The van der Waals surface area contributed by atoms with Gasteiger partial charge in [-0.2, -0.15) is 4.99 Å². The number of carbonyl (C=O) groups is 1. The van der Waals surface area contributed by atoms with Crippen LogP contribution in [0.5, 0.6) is 0 Å². The average molecular weight is 199 g/mol. The van der Waals surface area contributed by atoms with Gasteiger partial charge in [-0.25, -0.2) is 4.79 Å². The number of nitrogens with zero attached hydrogens (tertiary/aromatic N) is 1. The lowest BCUT2D eigenvalue weighted by atomic mass is 10.0. The highest BCUT2D eigenvalue weighted by molar-refractivity contribution is 5.93. The van der Waals surface area contributed by atoms with Crippen molar-refractivity contribution < 1.29 is 9.53 Å². The molecule has 1 atom stereocenters. The highest BCUT2D eigenvalue weighted by Gasteiger charge is 2.16. The lowest BCUT2D eigenvalue weighted by Gasteiger charge is -2.18. The number of ether oxygens (including phenoxy) is 1. The predicted octanol–water partition coefficient (Wildman–Crippen LogP) is 3.43. The van der Waals surface area contributed by atoms with Gasteiger partial charge in [0, 0.05) is 5.71 Å². The van der Waals surface area contributed by atoms with E-state index in [1.54, 1.807) is 0 Å². The summed E-state index contributed by atoms with van der Waals surface area (Å²) in [7, 11) is 0. The van der Waals surface area contributed by atoms with Crippen molar-refractivity contribution in [2.75, 3.05) is 0 Å². The molecule has 0 aliphatic heterocycles. The molecule has 0 heterocycles. The first-order valence-electron chi connectivity index (χ1n) is 5.04. The smallest absolute Gasteiger partial charge is 0.434 e. The van der Waals surface area contributed by atoms with Crippen molar-refractivity contribution in [3.8, 4) is 0 Å². The molecule has 0 aromatic rings. The van der Waals surface area contributed by atoms with E-state index in [9.17, 15) is 4.79 Å². The fraction of sp³-hybridized carbons (Fsp3) is 0.818. The minimum Gasteiger partial charge on any atom is -0.442 e. The third-order valence-electron chi connectivity index (χ3n) is 1.99. The van der Waals surface area contributed by atoms with Crippen LogP contribution >= 0.6 is 0 Å². The van der Waals surface area contributed by atoms with E-state index in [2.05, 4.69) is 11.9 Å². The Kier molecular flexibility index (Phi) is 4.81. The van der Waals surface area contributed by atoms with Crippen LogP contribution in [-0.4, -0.2) is 17.4 Å². The largest absolute Gasteiger partial charge is 0.442 e. The van der Waals surface area contributed by atoms with Gasteiger partial charge in [0.25, 0.3) is 0 Å². The van der Waals surface area contributed by atoms with Gasteiger partial charge in [0.1, 0.15) is 5.60 Å². The van der Waals surface area contributed by atoms with Crippen molar-refractivity contribution in [3.63, 3.8) is 0 Å². The van der Waals surface area contributed by atoms with E-state index in [0.717, 1.165) is 12.1 Å². The van der Waals surface area contributed by atoms with Crippen LogP contribution in [0.25, 0.3) is 0 Å². The van der Waals surface area contributed by atoms with Gasteiger partial charge in [-0.3, -0.25) is 0 Å². The minimum atomic E-state index is -0.490. The van der Waals surface area contributed by atoms with E-state index in [-0.39, 0.29) is 0 Å². The SMILES string of the molecule is CCC(C)C(C)=NC(=O)OC(C)(C)C. The van der Waals surface area contributed by atoms with Gasteiger partial charge < -0.3 is 4.74 Å². The maximum absolute atomic E-state index is 11.3. The molecule has 0 rings (SSSR count). The molecule has 0 aromatic carbocycles. The molecule has 14 heavy (non-hydrogen) atoms. The van der Waals surface area contributed by atoms with Crippen molar-refractivity contribution in [1.82, 2.24) is 0 Å². The van der Waals surface area contributed by atoms with Crippen molar-refractivity contribution in [3.05, 3.63) is 0 Å². The van der Waals surface area contributed by atoms with Gasteiger partial charge in [-0.1, -0.05) is 13.8 Å². The molecular formula is C11H21NO2. The van der Waals surface area contributed by atoms with Crippen molar-refractivity contribution in [2.24, 2.45) is 10.9 Å². The number of aliphatic imine (C=N–C) groups is 1. The van der Waals surface area contributed by atoms with Gasteiger partial charge in [-0.15, -0.1) is 0 Å². The summed E-state index contributed by atoms with van der Waals surface area (Å²) < 4.78 is 5.08. The Bertz CT molecular complexity index is 226. The molecule has 0 aliphatic carbocycles. The maximum Gasteiger partial charge on any atom is 0.434 e. The van der Waals surface area contributed by atoms with E-state index < -0.39 is 11.7 Å². The number of hydrogen-bond acceptors (Lipinski definition) is 2. The summed E-state index contributed by atoms with van der Waals surface area (Å²) in [6.07, 6.45) is 0.494. The van der Waals surface area contributed by atoms with E-state index in [1.165, 1.54) is 0 Å². The zero-order chi connectivity index (χ0) is 11.4. The molecule has 0 N–H and O–H groups in total. The summed E-state index contributed by atoms with van der Waals surface area (Å²) in [5, 5.41) is 0. The first-order chi connectivity index (χ1) is 6.26. The molecular weight excluding hydrogens is 178 g/mol. The Balaban J connectivity index is 4.30. The van der Waals surface area contributed by atoms with E-state index in [1.807, 2.05) is 34.6 Å². The number of carbonyl (C=O) groups excluding carboxylic acids is 1. The van der Waals surface area contributed by atoms with Crippen LogP contribution in [0.4, 0.5) is 4.79 Å². The van der Waals surface area contributed by atoms with Crippen molar-refractivity contribution >= 4 is 11.8 Å². The molecule has 0 aromatic heterocycles. The van der Waals surface area contributed by atoms with Crippen molar-refractivity contribution in [2.45, 2.75) is 53.6 Å². The highest BCUT2D eigenvalue weighted by Crippen LogP contribution is 2.10. The second-order valence-electron chi connectivity index (χ2n) is 4.54. The molecule has 1 amide bonds. The molecule has 0 radical (unpaired) electrons. The molecule has 0 fully saturated rings. The van der Waals surface area contributed by atoms with Gasteiger partial charge in [-0.05, 0) is 40.0 Å². The summed E-state index contributed by atoms with van der Waals surface area (Å²) in [5.74, 6) is 0.336. The van der Waals surface area contributed by atoms with Crippen LogP contribution in [0.3, 0.4) is 0 Å². The summed E-state index contributed by atoms with van der Waals surface area (Å²) in [6, 6.07) is 0. The molecule has 3 nitrogen and oxygen atoms in total. The lowest BCUT2D eigenvalue weighted by Crippen LogP contribution is -2.23. The molecule has 0 aliphatic rings. The highest BCUT2D eigenvalue weighted by atomic mass is 16.6. The zero-order valence-electron chi connectivity index (χ0n) is 10.0. The third-order valence-corrected chi connectivity index (χ3v) is 1.99. The van der Waals surface area contributed by atoms with Gasteiger partial charge in [0.15, 0.2) is 0 Å². The molecule has 0 saturated carbocycles. The Hall–Kier alpha value is -0.860. The quantitative estimate of drug-likeness (QED) is 0.639. The summed E-state index contributed by atoms with van der Waals surface area (Å²) >= 11 is 0. The van der Waals surface area contributed by atoms with E-state index in [4.69, 9.17) is 4.74 Å². The molecule has 0 spiro atoms. The fourth-order valence-electron chi connectivity index (χ4n) is 0.834. The number of amides is 1. The molecule has 0 bridgehead atoms. The monoisotopic (exact) mass is 199 g/mol. The van der Waals surface area contributed by atoms with Crippen LogP contribution in [-0.2, 0) is 4.74 Å². The van der Waals surface area contributed by atoms with E-state index in [0.29, 0.717) is 5.92 Å². The normalized spacial score (nSPS) is 15.1. The topological polar surface area (TPSA) is 38.7 Å². The molecule has 3 heteroatoms. The minimum absolute atomic E-state index is 0.336. The summed E-state index contributed by atoms with van der Waals surface area (Å²) in [6.45, 7) is 11.5. The average Bonchev–Trinajstić information content (AvgIpc) is 1.99. The van der Waals surface area contributed by atoms with Crippen LogP contribution in [0.15, 0.2) is 4.99 Å². The van der Waals surface area contributed by atoms with Crippen molar-refractivity contribution in [1.29, 1.82) is 0 Å². The van der Waals surface area contributed by atoms with Gasteiger partial charge >= 0.3 is 6.09 Å². The first kappa shape index (κ1) is 13.1. The van der Waals surface area contributed by atoms with Crippen LogP contribution in [0.2, 0.25) is 0 Å². The summed E-state index contributed by atoms with van der Waals surface area (Å²) in [4.78, 5) is 15.2. The number of hydrogen-bond donors (Lipinski definition) is 0. The molecule has 1 unspecified atom stereocenters. The Morgan fingerprint density at radius 3 is 2.29 bits per heavy atom. The molecule has 0 saturated heterocycles. The second kappa shape index (κ2) is 5.13. The lowest BCUT2D eigenvalue weighted by molar-refractivity contribution is 0.0603. The van der Waals surface area contributed by atoms with Gasteiger partial charge in [0.05, 0.1) is 0 Å². The Morgan fingerprint density at radius 2 is 1.93 bits per heavy atom. The Morgan fingerprint density at radius 1 is 1.43 bits per heavy atom. The fourth-order valence-corrected chi connectivity index (χ4v) is 0.834.